The lowest BCUT2D eigenvalue weighted by atomic mass is 9.78. The van der Waals surface area contributed by atoms with Crippen molar-refractivity contribution in [1.29, 1.82) is 0 Å². The van der Waals surface area contributed by atoms with E-state index in [-0.39, 0.29) is 12.2 Å². The molecule has 2 aliphatic carbocycles. The van der Waals surface area contributed by atoms with Gasteiger partial charge in [-0.25, -0.2) is 0 Å². The molecule has 3 aliphatic heterocycles. The average molecular weight is 476 g/mol. The smallest absolute Gasteiger partial charge is 0.226 e. The first-order valence-electron chi connectivity index (χ1n) is 14.5. The zero-order valence-electron chi connectivity index (χ0n) is 21.5. The van der Waals surface area contributed by atoms with Gasteiger partial charge in [-0.2, -0.15) is 0 Å². The minimum atomic E-state index is 0.181. The summed E-state index contributed by atoms with van der Waals surface area (Å²) in [4.78, 5) is 18.4. The fraction of sp³-hybridized carbons (Fsp3) is 0.963. The first-order valence-corrected chi connectivity index (χ1v) is 14.5. The molecule has 0 aromatic heterocycles. The minimum Gasteiger partial charge on any atom is -0.381 e. The quantitative estimate of drug-likeness (QED) is 0.526. The van der Waals surface area contributed by atoms with Gasteiger partial charge in [0, 0.05) is 51.3 Å². The molecule has 3 heterocycles. The van der Waals surface area contributed by atoms with Crippen molar-refractivity contribution in [3.05, 3.63) is 0 Å². The van der Waals surface area contributed by atoms with E-state index in [4.69, 9.17) is 4.74 Å². The number of amides is 1. The Morgan fingerprint density at radius 2 is 1.65 bits per heavy atom. The van der Waals surface area contributed by atoms with Gasteiger partial charge in [0.1, 0.15) is 6.29 Å². The van der Waals surface area contributed by atoms with Gasteiger partial charge in [0.25, 0.3) is 0 Å². The van der Waals surface area contributed by atoms with E-state index < -0.39 is 0 Å². The van der Waals surface area contributed by atoms with E-state index in [1.165, 1.54) is 70.9 Å². The van der Waals surface area contributed by atoms with Crippen molar-refractivity contribution in [3.8, 4) is 0 Å². The van der Waals surface area contributed by atoms with Crippen molar-refractivity contribution in [3.63, 3.8) is 0 Å². The van der Waals surface area contributed by atoms with Crippen molar-refractivity contribution >= 4 is 5.91 Å². The summed E-state index contributed by atoms with van der Waals surface area (Å²) in [5.74, 6) is 2.19. The Morgan fingerprint density at radius 3 is 2.38 bits per heavy atom. The second-order valence-corrected chi connectivity index (χ2v) is 11.8. The molecule has 0 aromatic rings. The first-order chi connectivity index (χ1) is 16.7. The molecule has 0 bridgehead atoms. The van der Waals surface area contributed by atoms with Crippen molar-refractivity contribution in [2.24, 2.45) is 17.8 Å². The van der Waals surface area contributed by atoms with Gasteiger partial charge < -0.3 is 14.5 Å². The van der Waals surface area contributed by atoms with Crippen LogP contribution in [0.3, 0.4) is 0 Å². The number of likely N-dealkylation sites (tertiary alicyclic amines) is 2. The molecule has 2 saturated carbocycles. The molecular weight excluding hydrogens is 426 g/mol. The second-order valence-electron chi connectivity index (χ2n) is 11.8. The summed E-state index contributed by atoms with van der Waals surface area (Å²) in [5.41, 5.74) is 0. The topological polar surface area (TPSA) is 68.9 Å². The summed E-state index contributed by atoms with van der Waals surface area (Å²) in [6.07, 6.45) is 15.1. The zero-order valence-corrected chi connectivity index (χ0v) is 21.5. The van der Waals surface area contributed by atoms with E-state index in [9.17, 15) is 4.79 Å². The Kier molecular flexibility index (Phi) is 8.81. The summed E-state index contributed by atoms with van der Waals surface area (Å²) in [5, 5.41) is 11.3. The highest BCUT2D eigenvalue weighted by Gasteiger charge is 2.37. The molecule has 5 fully saturated rings. The number of hydrogen-bond acceptors (Lipinski definition) is 6. The fourth-order valence-electron chi connectivity index (χ4n) is 7.54. The van der Waals surface area contributed by atoms with Gasteiger partial charge in [0.2, 0.25) is 5.91 Å². The largest absolute Gasteiger partial charge is 0.381 e. The van der Waals surface area contributed by atoms with E-state index in [1.54, 1.807) is 0 Å². The molecule has 7 heteroatoms. The third-order valence-corrected chi connectivity index (χ3v) is 9.64. The molecule has 34 heavy (non-hydrogen) atoms. The van der Waals surface area contributed by atoms with Gasteiger partial charge in [-0.15, -0.1) is 0 Å². The maximum Gasteiger partial charge on any atom is 0.226 e. The van der Waals surface area contributed by atoms with Crippen molar-refractivity contribution in [2.75, 3.05) is 46.4 Å². The number of nitrogens with one attached hydrogen (secondary N) is 3. The molecule has 2 unspecified atom stereocenters. The second kappa shape index (κ2) is 12.0. The Hall–Kier alpha value is -0.730. The molecule has 1 amide bonds. The van der Waals surface area contributed by atoms with Gasteiger partial charge in [-0.05, 0) is 95.6 Å². The summed E-state index contributed by atoms with van der Waals surface area (Å²) in [6.45, 7) is 6.72. The predicted octanol–water partition coefficient (Wildman–Crippen LogP) is 2.52. The van der Waals surface area contributed by atoms with Crippen LogP contribution in [-0.4, -0.2) is 86.6 Å². The normalized spacial score (nSPS) is 40.0. The van der Waals surface area contributed by atoms with Gasteiger partial charge in [-0.1, -0.05) is 6.42 Å². The van der Waals surface area contributed by atoms with Gasteiger partial charge in [0.05, 0.1) is 6.10 Å². The van der Waals surface area contributed by atoms with E-state index >= 15 is 0 Å². The molecule has 5 rings (SSSR count). The first kappa shape index (κ1) is 24.9. The number of hydrogen-bond donors (Lipinski definition) is 3. The van der Waals surface area contributed by atoms with E-state index in [0.29, 0.717) is 24.1 Å². The van der Waals surface area contributed by atoms with Crippen molar-refractivity contribution in [2.45, 2.75) is 102 Å². The number of methoxy groups -OCH3 is 1. The number of ether oxygens (including phenoxy) is 1. The maximum absolute atomic E-state index is 13.5. The van der Waals surface area contributed by atoms with Crippen LogP contribution in [0.25, 0.3) is 0 Å². The summed E-state index contributed by atoms with van der Waals surface area (Å²) in [7, 11) is 1.85. The van der Waals surface area contributed by atoms with Crippen LogP contribution >= 0.6 is 0 Å². The van der Waals surface area contributed by atoms with Gasteiger partial charge in [0.15, 0.2) is 0 Å². The Bertz CT molecular complexity index is 641. The predicted molar refractivity (Wildman–Crippen MR) is 135 cm³/mol. The maximum atomic E-state index is 13.5. The Labute approximate surface area is 207 Å². The zero-order chi connectivity index (χ0) is 23.3. The number of rotatable bonds is 7. The molecule has 7 nitrogen and oxygen atoms in total. The number of carbonyl (C=O) groups is 1. The fourth-order valence-corrected chi connectivity index (χ4v) is 7.54. The summed E-state index contributed by atoms with van der Waals surface area (Å²) >= 11 is 0. The molecule has 194 valence electrons. The van der Waals surface area contributed by atoms with Gasteiger partial charge >= 0.3 is 0 Å². The Morgan fingerprint density at radius 1 is 0.882 bits per heavy atom. The van der Waals surface area contributed by atoms with Crippen LogP contribution in [0.2, 0.25) is 0 Å². The molecule has 3 saturated heterocycles. The van der Waals surface area contributed by atoms with E-state index in [1.807, 2.05) is 7.11 Å². The third kappa shape index (κ3) is 6.15. The molecule has 5 aliphatic rings. The van der Waals surface area contributed by atoms with Crippen LogP contribution in [-0.2, 0) is 9.53 Å². The summed E-state index contributed by atoms with van der Waals surface area (Å²) in [6, 6.07) is 0.887. The molecule has 0 spiro atoms. The van der Waals surface area contributed by atoms with E-state index in [0.717, 1.165) is 57.3 Å². The molecule has 0 aromatic carbocycles. The lowest BCUT2D eigenvalue weighted by Gasteiger charge is -2.41. The summed E-state index contributed by atoms with van der Waals surface area (Å²) < 4.78 is 5.55. The van der Waals surface area contributed by atoms with Crippen LogP contribution in [0, 0.1) is 17.8 Å². The van der Waals surface area contributed by atoms with Crippen molar-refractivity contribution in [1.82, 2.24) is 25.8 Å². The highest BCUT2D eigenvalue weighted by atomic mass is 16.5. The lowest BCUT2D eigenvalue weighted by molar-refractivity contribution is -0.138. The molecule has 0 radical (unpaired) electrons. The lowest BCUT2D eigenvalue weighted by Crippen LogP contribution is -2.63. The van der Waals surface area contributed by atoms with Crippen LogP contribution in [0.15, 0.2) is 0 Å². The van der Waals surface area contributed by atoms with Crippen LogP contribution < -0.4 is 16.0 Å². The number of carbonyl (C=O) groups excluding carboxylic acids is 1. The average Bonchev–Trinajstić information content (AvgIpc) is 3.57. The SMILES string of the molecule is COC1CCC(C2CNC(NC3CCCC(C(=O)N4CCC[C@H]4CN4CCCC4)C3)NC2)CC1. The number of nitrogens with zero attached hydrogens (tertiary/aromatic N) is 2. The molecule has 3 N–H and O–H groups in total. The van der Waals surface area contributed by atoms with E-state index in [2.05, 4.69) is 25.8 Å². The highest BCUT2D eigenvalue weighted by molar-refractivity contribution is 5.79. The van der Waals surface area contributed by atoms with Gasteiger partial charge in [-0.3, -0.25) is 20.7 Å². The van der Waals surface area contributed by atoms with Crippen molar-refractivity contribution < 1.29 is 9.53 Å². The van der Waals surface area contributed by atoms with Crippen LogP contribution in [0.1, 0.15) is 77.0 Å². The van der Waals surface area contributed by atoms with Crippen LogP contribution in [0.4, 0.5) is 0 Å². The molecular formula is C27H49N5O2. The molecule has 3 atom stereocenters. The minimum absolute atomic E-state index is 0.181. The third-order valence-electron chi connectivity index (χ3n) is 9.64. The van der Waals surface area contributed by atoms with Crippen LogP contribution in [0.5, 0.6) is 0 Å². The monoisotopic (exact) mass is 475 g/mol. The Balaban J connectivity index is 1.05. The highest BCUT2D eigenvalue weighted by Crippen LogP contribution is 2.32. The standard InChI is InChI=1S/C27H49N5O2/c1-34-25-11-9-20(10-12-25)22-17-28-27(29-18-22)30-23-7-4-6-21(16-23)26(33)32-15-5-8-24(32)19-31-13-2-3-14-31/h20-25,27-30H,2-19H2,1H3/t20?,21?,22?,23?,24-,25?,27?/m0/s1.